The van der Waals surface area contributed by atoms with Crippen LogP contribution < -0.4 is 5.32 Å². The van der Waals surface area contributed by atoms with Crippen molar-refractivity contribution < 1.29 is 9.59 Å². The number of nitrogens with zero attached hydrogens (tertiary/aromatic N) is 2. The van der Waals surface area contributed by atoms with Crippen LogP contribution >= 0.6 is 0 Å². The molecule has 1 aliphatic heterocycles. The average Bonchev–Trinajstić information content (AvgIpc) is 2.54. The fourth-order valence-corrected chi connectivity index (χ4v) is 2.82. The third-order valence-corrected chi connectivity index (χ3v) is 4.17. The number of aryl methyl sites for hydroxylation is 1. The fourth-order valence-electron chi connectivity index (χ4n) is 2.82. The van der Waals surface area contributed by atoms with Gasteiger partial charge in [0.15, 0.2) is 0 Å². The van der Waals surface area contributed by atoms with Gasteiger partial charge in [0.1, 0.15) is 5.82 Å². The molecule has 0 unspecified atom stereocenters. The van der Waals surface area contributed by atoms with Gasteiger partial charge < -0.3 is 10.2 Å². The maximum Gasteiger partial charge on any atom is 0.249 e. The summed E-state index contributed by atoms with van der Waals surface area (Å²) < 4.78 is 0. The number of anilines is 1. The van der Waals surface area contributed by atoms with Crippen molar-refractivity contribution in [2.75, 3.05) is 18.4 Å². The zero-order chi connectivity index (χ0) is 16.8. The minimum Gasteiger partial charge on any atom is -0.339 e. The monoisotopic (exact) mass is 315 g/mol. The van der Waals surface area contributed by atoms with Gasteiger partial charge in [-0.25, -0.2) is 4.98 Å². The maximum atomic E-state index is 12.3. The highest BCUT2D eigenvalue weighted by molar-refractivity contribution is 5.94. The van der Waals surface area contributed by atoms with Gasteiger partial charge in [0.2, 0.25) is 11.8 Å². The lowest BCUT2D eigenvalue weighted by Gasteiger charge is -2.31. The first-order chi connectivity index (χ1) is 11.0. The second kappa shape index (κ2) is 7.90. The standard InChI is InChI=1S/C18H25N3O2/c1-4-5-14(3)18(23)21-10-7-15(8-11-21)17(22)20-16-12-13(2)6-9-19-16/h5-6,9,12,15H,4,7-8,10-11H2,1-3H3,(H,19,20,22)/b14-5+. The molecule has 2 amide bonds. The largest absolute Gasteiger partial charge is 0.339 e. The summed E-state index contributed by atoms with van der Waals surface area (Å²) in [5.41, 5.74) is 1.85. The molecule has 0 bridgehead atoms. The topological polar surface area (TPSA) is 62.3 Å². The molecule has 0 radical (unpaired) electrons. The average molecular weight is 315 g/mol. The highest BCUT2D eigenvalue weighted by atomic mass is 16.2. The third-order valence-electron chi connectivity index (χ3n) is 4.17. The lowest BCUT2D eigenvalue weighted by Crippen LogP contribution is -2.41. The van der Waals surface area contributed by atoms with Gasteiger partial charge in [0.25, 0.3) is 0 Å². The Kier molecular flexibility index (Phi) is 5.90. The number of hydrogen-bond acceptors (Lipinski definition) is 3. The summed E-state index contributed by atoms with van der Waals surface area (Å²) in [5.74, 6) is 0.620. The lowest BCUT2D eigenvalue weighted by molar-refractivity contribution is -0.131. The highest BCUT2D eigenvalue weighted by Crippen LogP contribution is 2.20. The van der Waals surface area contributed by atoms with Crippen LogP contribution in [0.2, 0.25) is 0 Å². The first kappa shape index (κ1) is 17.2. The van der Waals surface area contributed by atoms with E-state index in [2.05, 4.69) is 10.3 Å². The molecule has 1 N–H and O–H groups in total. The molecule has 0 aliphatic carbocycles. The van der Waals surface area contributed by atoms with Gasteiger partial charge in [0.05, 0.1) is 0 Å². The molecule has 0 saturated carbocycles. The Morgan fingerprint density at radius 2 is 2.09 bits per heavy atom. The van der Waals surface area contributed by atoms with Crippen LogP contribution in [0, 0.1) is 12.8 Å². The van der Waals surface area contributed by atoms with Crippen LogP contribution in [-0.2, 0) is 9.59 Å². The fraction of sp³-hybridized carbons (Fsp3) is 0.500. The van der Waals surface area contributed by atoms with E-state index in [1.54, 1.807) is 6.20 Å². The molecule has 2 rings (SSSR count). The Morgan fingerprint density at radius 1 is 1.39 bits per heavy atom. The van der Waals surface area contributed by atoms with E-state index in [9.17, 15) is 9.59 Å². The van der Waals surface area contributed by atoms with E-state index in [1.165, 1.54) is 0 Å². The van der Waals surface area contributed by atoms with E-state index in [0.29, 0.717) is 31.7 Å². The molecule has 1 aliphatic rings. The molecule has 1 fully saturated rings. The van der Waals surface area contributed by atoms with Gasteiger partial charge in [-0.3, -0.25) is 9.59 Å². The van der Waals surface area contributed by atoms with Crippen LogP contribution in [0.25, 0.3) is 0 Å². The number of pyridine rings is 1. The third kappa shape index (κ3) is 4.65. The summed E-state index contributed by atoms with van der Waals surface area (Å²) in [6.45, 7) is 7.11. The number of amides is 2. The van der Waals surface area contributed by atoms with Crippen molar-refractivity contribution in [3.63, 3.8) is 0 Å². The van der Waals surface area contributed by atoms with Crippen molar-refractivity contribution in [3.05, 3.63) is 35.5 Å². The lowest BCUT2D eigenvalue weighted by atomic mass is 9.95. The second-order valence-corrected chi connectivity index (χ2v) is 6.07. The van der Waals surface area contributed by atoms with E-state index in [0.717, 1.165) is 17.6 Å². The van der Waals surface area contributed by atoms with Crippen molar-refractivity contribution in [3.8, 4) is 0 Å². The molecule has 5 nitrogen and oxygen atoms in total. The first-order valence-corrected chi connectivity index (χ1v) is 8.20. The van der Waals surface area contributed by atoms with Crippen molar-refractivity contribution in [2.24, 2.45) is 5.92 Å². The second-order valence-electron chi connectivity index (χ2n) is 6.07. The minimum atomic E-state index is -0.0585. The van der Waals surface area contributed by atoms with Crippen LogP contribution in [0.1, 0.15) is 38.7 Å². The van der Waals surface area contributed by atoms with Gasteiger partial charge >= 0.3 is 0 Å². The van der Waals surface area contributed by atoms with E-state index < -0.39 is 0 Å². The number of hydrogen-bond donors (Lipinski definition) is 1. The van der Waals surface area contributed by atoms with Crippen molar-refractivity contribution in [2.45, 2.75) is 40.0 Å². The van der Waals surface area contributed by atoms with Gasteiger partial charge in [-0.2, -0.15) is 0 Å². The quantitative estimate of drug-likeness (QED) is 0.869. The maximum absolute atomic E-state index is 12.3. The molecule has 1 saturated heterocycles. The van der Waals surface area contributed by atoms with Gasteiger partial charge in [-0.15, -0.1) is 0 Å². The molecule has 0 aromatic carbocycles. The molecule has 2 heterocycles. The van der Waals surface area contributed by atoms with E-state index in [4.69, 9.17) is 0 Å². The molecule has 23 heavy (non-hydrogen) atoms. The summed E-state index contributed by atoms with van der Waals surface area (Å²) in [7, 11) is 0. The van der Waals surface area contributed by atoms with Crippen LogP contribution in [0.3, 0.4) is 0 Å². The Bertz CT molecular complexity index is 602. The summed E-state index contributed by atoms with van der Waals surface area (Å²) in [6.07, 6.45) is 5.89. The number of likely N-dealkylation sites (tertiary alicyclic amines) is 1. The normalized spacial score (nSPS) is 16.3. The summed E-state index contributed by atoms with van der Waals surface area (Å²) in [4.78, 5) is 30.6. The van der Waals surface area contributed by atoms with E-state index in [-0.39, 0.29) is 17.7 Å². The SMILES string of the molecule is CC/C=C(\C)C(=O)N1CCC(C(=O)Nc2cc(C)ccn2)CC1. The smallest absolute Gasteiger partial charge is 0.249 e. The number of aromatic nitrogens is 1. The summed E-state index contributed by atoms with van der Waals surface area (Å²) >= 11 is 0. The number of carbonyl (C=O) groups is 2. The van der Waals surface area contributed by atoms with E-state index in [1.807, 2.05) is 43.9 Å². The predicted molar refractivity (Wildman–Crippen MR) is 91.0 cm³/mol. The van der Waals surface area contributed by atoms with Crippen LogP contribution in [0.4, 0.5) is 5.82 Å². The first-order valence-electron chi connectivity index (χ1n) is 8.20. The van der Waals surface area contributed by atoms with Gasteiger partial charge in [-0.1, -0.05) is 13.0 Å². The number of allylic oxidation sites excluding steroid dienone is 1. The Balaban J connectivity index is 1.87. The van der Waals surface area contributed by atoms with Crippen molar-refractivity contribution in [1.29, 1.82) is 0 Å². The predicted octanol–water partition coefficient (Wildman–Crippen LogP) is 2.92. The van der Waals surface area contributed by atoms with Crippen molar-refractivity contribution in [1.82, 2.24) is 9.88 Å². The number of piperidine rings is 1. The number of rotatable bonds is 4. The van der Waals surface area contributed by atoms with Crippen LogP contribution in [0.5, 0.6) is 0 Å². The summed E-state index contributed by atoms with van der Waals surface area (Å²) in [5, 5.41) is 2.87. The molecular formula is C18H25N3O2. The zero-order valence-corrected chi connectivity index (χ0v) is 14.1. The molecule has 0 spiro atoms. The van der Waals surface area contributed by atoms with Gasteiger partial charge in [0, 0.05) is 30.8 Å². The number of nitrogens with one attached hydrogen (secondary N) is 1. The highest BCUT2D eigenvalue weighted by Gasteiger charge is 2.27. The van der Waals surface area contributed by atoms with Crippen LogP contribution in [0.15, 0.2) is 30.0 Å². The Hall–Kier alpha value is -2.17. The zero-order valence-electron chi connectivity index (χ0n) is 14.1. The van der Waals surface area contributed by atoms with E-state index >= 15 is 0 Å². The minimum absolute atomic E-state index is 0.00368. The van der Waals surface area contributed by atoms with Crippen molar-refractivity contribution >= 4 is 17.6 Å². The molecular weight excluding hydrogens is 290 g/mol. The molecule has 5 heteroatoms. The summed E-state index contributed by atoms with van der Waals surface area (Å²) in [6, 6.07) is 3.75. The molecule has 1 aromatic rings. The molecule has 1 aromatic heterocycles. The number of carbonyl (C=O) groups excluding carboxylic acids is 2. The van der Waals surface area contributed by atoms with Crippen LogP contribution in [-0.4, -0.2) is 34.8 Å². The Labute approximate surface area is 137 Å². The molecule has 124 valence electrons. The Morgan fingerprint density at radius 3 is 2.70 bits per heavy atom. The molecule has 0 atom stereocenters. The van der Waals surface area contributed by atoms with Gasteiger partial charge in [-0.05, 0) is 50.8 Å².